The molecule has 0 spiro atoms. The number of ether oxygens (including phenoxy) is 1. The van der Waals surface area contributed by atoms with Gasteiger partial charge in [-0.05, 0) is 26.7 Å². The third-order valence-electron chi connectivity index (χ3n) is 2.35. The average molecular weight is 200 g/mol. The van der Waals surface area contributed by atoms with Crippen molar-refractivity contribution in [2.45, 2.75) is 65.4 Å². The van der Waals surface area contributed by atoms with Crippen molar-refractivity contribution < 1.29 is 9.53 Å². The first-order chi connectivity index (χ1) is 6.70. The molecule has 0 bridgehead atoms. The van der Waals surface area contributed by atoms with Gasteiger partial charge < -0.3 is 9.53 Å². The Labute approximate surface area is 88.0 Å². The van der Waals surface area contributed by atoms with E-state index in [0.29, 0.717) is 12.5 Å². The lowest BCUT2D eigenvalue weighted by Crippen LogP contribution is -2.14. The molecule has 1 atom stereocenters. The Morgan fingerprint density at radius 1 is 1.21 bits per heavy atom. The van der Waals surface area contributed by atoms with E-state index in [0.717, 1.165) is 19.4 Å². The molecule has 2 nitrogen and oxygen atoms in total. The van der Waals surface area contributed by atoms with E-state index in [1.54, 1.807) is 6.92 Å². The van der Waals surface area contributed by atoms with Crippen LogP contribution >= 0.6 is 0 Å². The minimum atomic E-state index is 0.269. The molecule has 14 heavy (non-hydrogen) atoms. The maximum Gasteiger partial charge on any atom is 0.129 e. The standard InChI is InChI=1S/C12H24O2/c1-4-6-7-8-12(14-5-2)10-9-11(3)13/h12H,4-10H2,1-3H3. The monoisotopic (exact) mass is 200 g/mol. The van der Waals surface area contributed by atoms with E-state index in [1.807, 2.05) is 6.92 Å². The van der Waals surface area contributed by atoms with Crippen molar-refractivity contribution in [1.29, 1.82) is 0 Å². The van der Waals surface area contributed by atoms with E-state index < -0.39 is 0 Å². The quantitative estimate of drug-likeness (QED) is 0.534. The van der Waals surface area contributed by atoms with E-state index in [9.17, 15) is 4.79 Å². The highest BCUT2D eigenvalue weighted by Crippen LogP contribution is 2.12. The van der Waals surface area contributed by atoms with Gasteiger partial charge in [0.15, 0.2) is 0 Å². The molecule has 84 valence electrons. The summed E-state index contributed by atoms with van der Waals surface area (Å²) >= 11 is 0. The van der Waals surface area contributed by atoms with Crippen molar-refractivity contribution in [3.8, 4) is 0 Å². The van der Waals surface area contributed by atoms with Crippen LogP contribution in [0, 0.1) is 0 Å². The number of carbonyl (C=O) groups is 1. The van der Waals surface area contributed by atoms with Gasteiger partial charge in [0.1, 0.15) is 5.78 Å². The van der Waals surface area contributed by atoms with Gasteiger partial charge in [0, 0.05) is 13.0 Å². The molecule has 1 unspecified atom stereocenters. The average Bonchev–Trinajstić information content (AvgIpc) is 2.14. The van der Waals surface area contributed by atoms with E-state index >= 15 is 0 Å². The molecule has 0 fully saturated rings. The van der Waals surface area contributed by atoms with Crippen LogP contribution < -0.4 is 0 Å². The van der Waals surface area contributed by atoms with E-state index in [4.69, 9.17) is 4.74 Å². The first-order valence-corrected chi connectivity index (χ1v) is 5.81. The van der Waals surface area contributed by atoms with Gasteiger partial charge in [-0.1, -0.05) is 26.2 Å². The van der Waals surface area contributed by atoms with Gasteiger partial charge in [0.2, 0.25) is 0 Å². The summed E-state index contributed by atoms with van der Waals surface area (Å²) in [6, 6.07) is 0. The van der Waals surface area contributed by atoms with Crippen molar-refractivity contribution in [2.75, 3.05) is 6.61 Å². The fraction of sp³-hybridized carbons (Fsp3) is 0.917. The lowest BCUT2D eigenvalue weighted by Gasteiger charge is -2.15. The van der Waals surface area contributed by atoms with Gasteiger partial charge >= 0.3 is 0 Å². The minimum Gasteiger partial charge on any atom is -0.378 e. The number of rotatable bonds is 9. The molecule has 0 aromatic carbocycles. The Hall–Kier alpha value is -0.370. The predicted octanol–water partition coefficient (Wildman–Crippen LogP) is 3.34. The smallest absolute Gasteiger partial charge is 0.129 e. The van der Waals surface area contributed by atoms with E-state index in [2.05, 4.69) is 6.92 Å². The number of Topliss-reactive ketones (excluding diaryl/α,β-unsaturated/α-hetero) is 1. The van der Waals surface area contributed by atoms with Gasteiger partial charge in [-0.25, -0.2) is 0 Å². The molecule has 0 aliphatic heterocycles. The van der Waals surface area contributed by atoms with Crippen LogP contribution in [0.5, 0.6) is 0 Å². The summed E-state index contributed by atoms with van der Waals surface area (Å²) in [7, 11) is 0. The van der Waals surface area contributed by atoms with Crippen LogP contribution in [0.2, 0.25) is 0 Å². The molecule has 0 amide bonds. The third kappa shape index (κ3) is 8.24. The summed E-state index contributed by atoms with van der Waals surface area (Å²) in [4.78, 5) is 10.8. The molecule has 0 saturated carbocycles. The molecule has 0 rings (SSSR count). The lowest BCUT2D eigenvalue weighted by atomic mass is 10.1. The van der Waals surface area contributed by atoms with Crippen LogP contribution in [0.25, 0.3) is 0 Å². The SMILES string of the molecule is CCCCCC(CCC(C)=O)OCC. The second-order valence-corrected chi connectivity index (χ2v) is 3.81. The van der Waals surface area contributed by atoms with Crippen LogP contribution in [-0.4, -0.2) is 18.5 Å². The molecule has 0 heterocycles. The van der Waals surface area contributed by atoms with Crippen molar-refractivity contribution in [3.05, 3.63) is 0 Å². The Kier molecular flexibility index (Phi) is 8.95. The van der Waals surface area contributed by atoms with Crippen LogP contribution in [0.3, 0.4) is 0 Å². The van der Waals surface area contributed by atoms with Crippen LogP contribution in [0.15, 0.2) is 0 Å². The molecule has 0 N–H and O–H groups in total. The second kappa shape index (κ2) is 9.20. The topological polar surface area (TPSA) is 26.3 Å². The van der Waals surface area contributed by atoms with Crippen molar-refractivity contribution >= 4 is 5.78 Å². The van der Waals surface area contributed by atoms with Crippen molar-refractivity contribution in [3.63, 3.8) is 0 Å². The first-order valence-electron chi connectivity index (χ1n) is 5.81. The molecule has 0 radical (unpaired) electrons. The molecule has 2 heteroatoms. The number of hydrogen-bond donors (Lipinski definition) is 0. The minimum absolute atomic E-state index is 0.269. The van der Waals surface area contributed by atoms with E-state index in [1.165, 1.54) is 19.3 Å². The Bertz CT molecular complexity index is 143. The van der Waals surface area contributed by atoms with Gasteiger partial charge in [0.25, 0.3) is 0 Å². The highest BCUT2D eigenvalue weighted by Gasteiger charge is 2.08. The fourth-order valence-corrected chi connectivity index (χ4v) is 1.53. The molecule has 0 aliphatic rings. The highest BCUT2D eigenvalue weighted by atomic mass is 16.5. The lowest BCUT2D eigenvalue weighted by molar-refractivity contribution is -0.117. The summed E-state index contributed by atoms with van der Waals surface area (Å²) in [6.07, 6.45) is 6.70. The zero-order valence-corrected chi connectivity index (χ0v) is 9.84. The van der Waals surface area contributed by atoms with Gasteiger partial charge in [0.05, 0.1) is 6.10 Å². The van der Waals surface area contributed by atoms with Crippen molar-refractivity contribution in [2.24, 2.45) is 0 Å². The summed E-state index contributed by atoms with van der Waals surface area (Å²) in [5.74, 6) is 0.269. The Morgan fingerprint density at radius 2 is 1.93 bits per heavy atom. The summed E-state index contributed by atoms with van der Waals surface area (Å²) < 4.78 is 5.59. The van der Waals surface area contributed by atoms with Gasteiger partial charge in [-0.3, -0.25) is 0 Å². The third-order valence-corrected chi connectivity index (χ3v) is 2.35. The first kappa shape index (κ1) is 13.6. The van der Waals surface area contributed by atoms with Crippen LogP contribution in [-0.2, 0) is 9.53 Å². The van der Waals surface area contributed by atoms with Gasteiger partial charge in [-0.2, -0.15) is 0 Å². The molecule has 0 aromatic rings. The largest absolute Gasteiger partial charge is 0.378 e. The zero-order chi connectivity index (χ0) is 10.8. The van der Waals surface area contributed by atoms with Crippen LogP contribution in [0.1, 0.15) is 59.3 Å². The van der Waals surface area contributed by atoms with Crippen molar-refractivity contribution in [1.82, 2.24) is 0 Å². The molecule has 0 aliphatic carbocycles. The maximum absolute atomic E-state index is 10.8. The van der Waals surface area contributed by atoms with Crippen LogP contribution in [0.4, 0.5) is 0 Å². The highest BCUT2D eigenvalue weighted by molar-refractivity contribution is 5.75. The fourth-order valence-electron chi connectivity index (χ4n) is 1.53. The summed E-state index contributed by atoms with van der Waals surface area (Å²) in [6.45, 7) is 6.62. The maximum atomic E-state index is 10.8. The summed E-state index contributed by atoms with van der Waals surface area (Å²) in [5, 5.41) is 0. The molecule has 0 saturated heterocycles. The normalized spacial score (nSPS) is 12.8. The molecule has 0 aromatic heterocycles. The number of ketones is 1. The number of unbranched alkanes of at least 4 members (excludes halogenated alkanes) is 2. The Balaban J connectivity index is 3.59. The predicted molar refractivity (Wildman–Crippen MR) is 59.5 cm³/mol. The number of hydrogen-bond acceptors (Lipinski definition) is 2. The Morgan fingerprint density at radius 3 is 2.43 bits per heavy atom. The summed E-state index contributed by atoms with van der Waals surface area (Å²) in [5.41, 5.74) is 0. The number of carbonyl (C=O) groups excluding carboxylic acids is 1. The molecular weight excluding hydrogens is 176 g/mol. The zero-order valence-electron chi connectivity index (χ0n) is 9.84. The molecular formula is C12H24O2. The van der Waals surface area contributed by atoms with E-state index in [-0.39, 0.29) is 5.78 Å². The van der Waals surface area contributed by atoms with Gasteiger partial charge in [-0.15, -0.1) is 0 Å². The second-order valence-electron chi connectivity index (χ2n) is 3.81.